The zero-order valence-corrected chi connectivity index (χ0v) is 19.1. The molecular formula is C26H42O4. The van der Waals surface area contributed by atoms with Gasteiger partial charge in [-0.05, 0) is 80.5 Å². The number of carbonyl (C=O) groups excluding carboxylic acids is 1. The number of unbranched alkanes of at least 4 members (excludes halogenated alkanes) is 2. The molecule has 4 heteroatoms. The van der Waals surface area contributed by atoms with Crippen LogP contribution in [0.15, 0.2) is 0 Å². The molecule has 0 aromatic heterocycles. The number of carbonyl (C=O) groups is 1. The predicted octanol–water partition coefficient (Wildman–Crippen LogP) is 5.12. The van der Waals surface area contributed by atoms with Crippen LogP contribution >= 0.6 is 0 Å². The van der Waals surface area contributed by atoms with Gasteiger partial charge < -0.3 is 14.6 Å². The molecule has 1 saturated heterocycles. The third-order valence-electron chi connectivity index (χ3n) is 10.4. The maximum Gasteiger partial charge on any atom is 0.162 e. The monoisotopic (exact) mass is 418 g/mol. The number of ether oxygens (including phenoxy) is 2. The van der Waals surface area contributed by atoms with Crippen molar-refractivity contribution in [1.29, 1.82) is 0 Å². The molecule has 30 heavy (non-hydrogen) atoms. The summed E-state index contributed by atoms with van der Waals surface area (Å²) in [5, 5.41) is 11.2. The first-order chi connectivity index (χ1) is 14.5. The Labute approximate surface area is 182 Å². The Hall–Kier alpha value is -0.450. The van der Waals surface area contributed by atoms with Gasteiger partial charge >= 0.3 is 0 Å². The number of Topliss-reactive ketones (excluding diaryl/α,β-unsaturated/α-hetero) is 1. The number of hydrogen-bond acceptors (Lipinski definition) is 4. The molecule has 4 aliphatic carbocycles. The molecule has 4 saturated carbocycles. The molecule has 1 aliphatic heterocycles. The quantitative estimate of drug-likeness (QED) is 0.583. The normalized spacial score (nSPS) is 49.4. The Kier molecular flexibility index (Phi) is 5.82. The highest BCUT2D eigenvalue weighted by atomic mass is 16.6. The second-order valence-electron chi connectivity index (χ2n) is 11.5. The highest BCUT2D eigenvalue weighted by Crippen LogP contribution is 2.71. The third-order valence-corrected chi connectivity index (χ3v) is 10.4. The summed E-state index contributed by atoms with van der Waals surface area (Å²) in [6, 6.07) is 0. The Morgan fingerprint density at radius 2 is 2.00 bits per heavy atom. The number of hydrogen-bond donors (Lipinski definition) is 1. The zero-order chi connectivity index (χ0) is 20.9. The fraction of sp³-hybridized carbons (Fsp3) is 0.962. The van der Waals surface area contributed by atoms with Crippen LogP contribution in [0.5, 0.6) is 0 Å². The molecule has 1 heterocycles. The van der Waals surface area contributed by atoms with Crippen LogP contribution in [0.4, 0.5) is 0 Å². The first kappa shape index (κ1) is 21.4. The smallest absolute Gasteiger partial charge is 0.162 e. The van der Waals surface area contributed by atoms with E-state index in [0.29, 0.717) is 29.8 Å². The molecule has 5 rings (SSSR count). The van der Waals surface area contributed by atoms with Gasteiger partial charge in [-0.3, -0.25) is 4.79 Å². The summed E-state index contributed by atoms with van der Waals surface area (Å²) in [6.45, 7) is 5.61. The van der Waals surface area contributed by atoms with Crippen LogP contribution in [0.3, 0.4) is 0 Å². The van der Waals surface area contributed by atoms with Crippen molar-refractivity contribution in [1.82, 2.24) is 0 Å². The predicted molar refractivity (Wildman–Crippen MR) is 116 cm³/mol. The lowest BCUT2D eigenvalue weighted by Gasteiger charge is -2.59. The minimum Gasteiger partial charge on any atom is -0.374 e. The van der Waals surface area contributed by atoms with Gasteiger partial charge in [0.1, 0.15) is 6.61 Å². The topological polar surface area (TPSA) is 55.8 Å². The fourth-order valence-corrected chi connectivity index (χ4v) is 9.15. The Balaban J connectivity index is 1.35. The molecule has 0 amide bonds. The summed E-state index contributed by atoms with van der Waals surface area (Å²) in [6.07, 6.45) is 13.7. The van der Waals surface area contributed by atoms with Crippen LogP contribution in [-0.2, 0) is 14.3 Å². The third kappa shape index (κ3) is 3.07. The van der Waals surface area contributed by atoms with Crippen molar-refractivity contribution in [2.45, 2.75) is 103 Å². The van der Waals surface area contributed by atoms with Gasteiger partial charge in [-0.15, -0.1) is 0 Å². The molecule has 9 atom stereocenters. The van der Waals surface area contributed by atoms with E-state index in [1.807, 2.05) is 0 Å². The lowest BCUT2D eigenvalue weighted by molar-refractivity contribution is -0.162. The van der Waals surface area contributed by atoms with Crippen molar-refractivity contribution < 1.29 is 19.4 Å². The summed E-state index contributed by atoms with van der Waals surface area (Å²) in [5.74, 6) is 2.62. The summed E-state index contributed by atoms with van der Waals surface area (Å²) in [5.41, 5.74) is 0.0279. The van der Waals surface area contributed by atoms with Gasteiger partial charge in [-0.2, -0.15) is 0 Å². The first-order valence-electron chi connectivity index (χ1n) is 13.0. The number of rotatable bonds is 7. The largest absolute Gasteiger partial charge is 0.374 e. The maximum absolute atomic E-state index is 13.2. The van der Waals surface area contributed by atoms with E-state index in [4.69, 9.17) is 9.47 Å². The molecule has 0 aromatic rings. The second-order valence-corrected chi connectivity index (χ2v) is 11.5. The van der Waals surface area contributed by atoms with Gasteiger partial charge in [-0.25, -0.2) is 0 Å². The van der Waals surface area contributed by atoms with Gasteiger partial charge in [0.05, 0.1) is 6.10 Å². The van der Waals surface area contributed by atoms with E-state index in [-0.39, 0.29) is 29.8 Å². The van der Waals surface area contributed by atoms with Crippen molar-refractivity contribution >= 4 is 5.78 Å². The van der Waals surface area contributed by atoms with Crippen LogP contribution in [-0.4, -0.2) is 36.5 Å². The van der Waals surface area contributed by atoms with E-state index >= 15 is 0 Å². The molecule has 5 fully saturated rings. The standard InChI is InChI=1S/C26H42O4/c1-3-4-7-14-29-16-21(27)20-12-11-19-18-10-9-17-8-5-6-13-25(17,2)23(18)22-15-26(19,20)24(28)30-22/h17-20,22-24,28H,3-16H2,1-2H3/t17?,18-,19-,20+,22-,23+,24?,25-,26+/m0/s1. The molecule has 0 radical (unpaired) electrons. The molecule has 1 N–H and O–H groups in total. The lowest BCUT2D eigenvalue weighted by atomic mass is 9.44. The highest BCUT2D eigenvalue weighted by molar-refractivity contribution is 5.83. The summed E-state index contributed by atoms with van der Waals surface area (Å²) >= 11 is 0. The van der Waals surface area contributed by atoms with Crippen LogP contribution in [0.2, 0.25) is 0 Å². The van der Waals surface area contributed by atoms with Crippen molar-refractivity contribution in [2.75, 3.05) is 13.2 Å². The molecule has 1 spiro atoms. The average molecular weight is 419 g/mol. The maximum atomic E-state index is 13.2. The molecular weight excluding hydrogens is 376 g/mol. The minimum absolute atomic E-state index is 0.0773. The SMILES string of the molecule is CCCCCOCC(=O)[C@H]1CC[C@H]2[C@@H]3CCC4CCCC[C@]4(C)[C@H]3[C@@H]3C[C@]12C(O)O3. The van der Waals surface area contributed by atoms with Gasteiger partial charge in [0.15, 0.2) is 12.1 Å². The van der Waals surface area contributed by atoms with Crippen molar-refractivity contribution in [3.05, 3.63) is 0 Å². The van der Waals surface area contributed by atoms with E-state index in [1.54, 1.807) is 0 Å². The van der Waals surface area contributed by atoms with Gasteiger partial charge in [0.25, 0.3) is 0 Å². The van der Waals surface area contributed by atoms with E-state index in [0.717, 1.165) is 44.4 Å². The van der Waals surface area contributed by atoms with Gasteiger partial charge in [0.2, 0.25) is 0 Å². The van der Waals surface area contributed by atoms with E-state index in [2.05, 4.69) is 13.8 Å². The number of aliphatic hydroxyl groups excluding tert-OH is 1. The summed E-state index contributed by atoms with van der Waals surface area (Å²) in [4.78, 5) is 13.2. The molecule has 4 nitrogen and oxygen atoms in total. The van der Waals surface area contributed by atoms with Crippen LogP contribution < -0.4 is 0 Å². The van der Waals surface area contributed by atoms with E-state index in [1.165, 1.54) is 38.5 Å². The summed E-state index contributed by atoms with van der Waals surface area (Å²) in [7, 11) is 0. The fourth-order valence-electron chi connectivity index (χ4n) is 9.15. The molecule has 5 aliphatic rings. The van der Waals surface area contributed by atoms with Gasteiger partial charge in [0, 0.05) is 17.9 Å². The van der Waals surface area contributed by atoms with Crippen molar-refractivity contribution in [2.24, 2.45) is 40.4 Å². The highest BCUT2D eigenvalue weighted by Gasteiger charge is 2.71. The number of ketones is 1. The van der Waals surface area contributed by atoms with Crippen molar-refractivity contribution in [3.8, 4) is 0 Å². The van der Waals surface area contributed by atoms with Crippen molar-refractivity contribution in [3.63, 3.8) is 0 Å². The van der Waals surface area contributed by atoms with Gasteiger partial charge in [-0.1, -0.05) is 39.5 Å². The molecule has 2 unspecified atom stereocenters. The Morgan fingerprint density at radius 1 is 1.13 bits per heavy atom. The molecule has 170 valence electrons. The van der Waals surface area contributed by atoms with Crippen LogP contribution in [0.1, 0.15) is 90.9 Å². The zero-order valence-electron chi connectivity index (χ0n) is 19.1. The van der Waals surface area contributed by atoms with E-state index < -0.39 is 6.29 Å². The van der Waals surface area contributed by atoms with Crippen LogP contribution in [0, 0.1) is 40.4 Å². The first-order valence-corrected chi connectivity index (χ1v) is 13.0. The van der Waals surface area contributed by atoms with E-state index in [9.17, 15) is 9.90 Å². The number of aliphatic hydroxyl groups is 1. The van der Waals surface area contributed by atoms with Crippen LogP contribution in [0.25, 0.3) is 0 Å². The second kappa shape index (κ2) is 8.15. The Bertz CT molecular complexity index is 649. The average Bonchev–Trinajstić information content (AvgIpc) is 3.26. The minimum atomic E-state index is -0.764. The molecule has 0 aromatic carbocycles. The lowest BCUT2D eigenvalue weighted by Crippen LogP contribution is -2.57. The molecule has 2 bridgehead atoms. The Morgan fingerprint density at radius 3 is 2.83 bits per heavy atom. The summed E-state index contributed by atoms with van der Waals surface area (Å²) < 4.78 is 12.1. The number of fused-ring (bicyclic) bond motifs is 6.